The predicted molar refractivity (Wildman–Crippen MR) is 78.1 cm³/mol. The number of carbonyl (C=O) groups excluding carboxylic acids is 1. The van der Waals surface area contributed by atoms with E-state index in [0.29, 0.717) is 24.4 Å². The summed E-state index contributed by atoms with van der Waals surface area (Å²) in [6, 6.07) is 14.8. The number of rotatable bonds is 5. The Bertz CT molecular complexity index is 717. The van der Waals surface area contributed by atoms with Crippen molar-refractivity contribution in [1.29, 1.82) is 0 Å². The molecule has 1 aromatic carbocycles. The summed E-state index contributed by atoms with van der Waals surface area (Å²) in [5.74, 6) is 1.75. The molecule has 2 aromatic heterocycles. The summed E-state index contributed by atoms with van der Waals surface area (Å²) in [5, 5.41) is 0. The van der Waals surface area contributed by atoms with E-state index in [1.54, 1.807) is 24.5 Å². The number of aromatic nitrogens is 1. The molecular formula is C17H13NO3. The van der Waals surface area contributed by atoms with Gasteiger partial charge >= 0.3 is 0 Å². The van der Waals surface area contributed by atoms with Gasteiger partial charge in [0, 0.05) is 23.5 Å². The average molecular weight is 279 g/mol. The lowest BCUT2D eigenvalue weighted by Crippen LogP contribution is -1.95. The molecule has 21 heavy (non-hydrogen) atoms. The Kier molecular flexibility index (Phi) is 3.78. The molecule has 0 fully saturated rings. The molecule has 3 rings (SSSR count). The molecule has 0 atom stereocenters. The maximum absolute atomic E-state index is 10.6. The Morgan fingerprint density at radius 1 is 1.10 bits per heavy atom. The maximum Gasteiger partial charge on any atom is 0.185 e. The Balaban J connectivity index is 1.68. The van der Waals surface area contributed by atoms with Crippen molar-refractivity contribution in [3.8, 4) is 17.1 Å². The first-order valence-electron chi connectivity index (χ1n) is 6.52. The van der Waals surface area contributed by atoms with Gasteiger partial charge in [0.25, 0.3) is 0 Å². The van der Waals surface area contributed by atoms with E-state index in [1.807, 2.05) is 36.4 Å². The summed E-state index contributed by atoms with van der Waals surface area (Å²) in [7, 11) is 0. The van der Waals surface area contributed by atoms with Gasteiger partial charge in [0.1, 0.15) is 18.1 Å². The molecule has 4 nitrogen and oxygen atoms in total. The van der Waals surface area contributed by atoms with Gasteiger partial charge in [-0.15, -0.1) is 0 Å². The molecule has 0 spiro atoms. The van der Waals surface area contributed by atoms with Crippen molar-refractivity contribution in [3.05, 3.63) is 72.2 Å². The van der Waals surface area contributed by atoms with Crippen LogP contribution in [0.15, 0.2) is 65.3 Å². The monoisotopic (exact) mass is 279 g/mol. The van der Waals surface area contributed by atoms with Crippen molar-refractivity contribution in [1.82, 2.24) is 4.98 Å². The number of hydrogen-bond donors (Lipinski definition) is 0. The summed E-state index contributed by atoms with van der Waals surface area (Å²) in [6.07, 6.45) is 4.20. The van der Waals surface area contributed by atoms with Gasteiger partial charge < -0.3 is 9.15 Å². The van der Waals surface area contributed by atoms with Crippen LogP contribution in [-0.2, 0) is 6.61 Å². The SMILES string of the molecule is O=Cc1ccc(-c2ccc(OCc3cccnc3)cc2)o1. The fourth-order valence-corrected chi connectivity index (χ4v) is 1.94. The Morgan fingerprint density at radius 2 is 1.95 bits per heavy atom. The van der Waals surface area contributed by atoms with E-state index < -0.39 is 0 Å². The number of carbonyl (C=O) groups is 1. The van der Waals surface area contributed by atoms with Crippen molar-refractivity contribution < 1.29 is 13.9 Å². The minimum atomic E-state index is 0.321. The highest BCUT2D eigenvalue weighted by Gasteiger charge is 2.04. The normalized spacial score (nSPS) is 10.3. The first-order chi connectivity index (χ1) is 10.3. The molecule has 2 heterocycles. The van der Waals surface area contributed by atoms with Crippen LogP contribution in [0.5, 0.6) is 5.75 Å². The second-order valence-corrected chi connectivity index (χ2v) is 4.49. The minimum absolute atomic E-state index is 0.321. The smallest absolute Gasteiger partial charge is 0.185 e. The van der Waals surface area contributed by atoms with Crippen LogP contribution in [0.4, 0.5) is 0 Å². The fraction of sp³-hybridized carbons (Fsp3) is 0.0588. The van der Waals surface area contributed by atoms with Gasteiger partial charge in [0.15, 0.2) is 12.0 Å². The summed E-state index contributed by atoms with van der Waals surface area (Å²) < 4.78 is 11.1. The molecular weight excluding hydrogens is 266 g/mol. The molecule has 0 aliphatic heterocycles. The summed E-state index contributed by atoms with van der Waals surface area (Å²) in [6.45, 7) is 0.475. The number of pyridine rings is 1. The lowest BCUT2D eigenvalue weighted by atomic mass is 10.2. The quantitative estimate of drug-likeness (QED) is 0.668. The molecule has 0 aliphatic carbocycles. The van der Waals surface area contributed by atoms with E-state index >= 15 is 0 Å². The standard InChI is InChI=1S/C17H13NO3/c19-11-16-7-8-17(21-16)14-3-5-15(6-4-14)20-12-13-2-1-9-18-10-13/h1-11H,12H2. The summed E-state index contributed by atoms with van der Waals surface area (Å²) in [4.78, 5) is 14.6. The Hall–Kier alpha value is -2.88. The van der Waals surface area contributed by atoms with Gasteiger partial charge in [-0.3, -0.25) is 9.78 Å². The van der Waals surface area contributed by atoms with E-state index in [-0.39, 0.29) is 0 Å². The van der Waals surface area contributed by atoms with Crippen LogP contribution in [0.3, 0.4) is 0 Å². The molecule has 0 radical (unpaired) electrons. The summed E-state index contributed by atoms with van der Waals surface area (Å²) >= 11 is 0. The minimum Gasteiger partial charge on any atom is -0.489 e. The Labute approximate surface area is 122 Å². The average Bonchev–Trinajstić information content (AvgIpc) is 3.03. The maximum atomic E-state index is 10.6. The van der Waals surface area contributed by atoms with Crippen LogP contribution in [0.25, 0.3) is 11.3 Å². The van der Waals surface area contributed by atoms with Gasteiger partial charge in [-0.2, -0.15) is 0 Å². The number of hydrogen-bond acceptors (Lipinski definition) is 4. The largest absolute Gasteiger partial charge is 0.489 e. The first-order valence-corrected chi connectivity index (χ1v) is 6.52. The molecule has 0 bridgehead atoms. The zero-order valence-electron chi connectivity index (χ0n) is 11.2. The molecule has 0 saturated carbocycles. The highest BCUT2D eigenvalue weighted by molar-refractivity contribution is 5.72. The third kappa shape index (κ3) is 3.17. The number of ether oxygens (including phenoxy) is 1. The zero-order valence-corrected chi connectivity index (χ0v) is 11.2. The summed E-state index contributed by atoms with van der Waals surface area (Å²) in [5.41, 5.74) is 1.92. The van der Waals surface area contributed by atoms with E-state index in [4.69, 9.17) is 9.15 Å². The van der Waals surface area contributed by atoms with Crippen molar-refractivity contribution in [2.75, 3.05) is 0 Å². The van der Waals surface area contributed by atoms with Gasteiger partial charge in [0.05, 0.1) is 0 Å². The third-order valence-electron chi connectivity index (χ3n) is 3.01. The highest BCUT2D eigenvalue weighted by Crippen LogP contribution is 2.24. The molecule has 4 heteroatoms. The van der Waals surface area contributed by atoms with Crippen LogP contribution >= 0.6 is 0 Å². The van der Waals surface area contributed by atoms with E-state index in [0.717, 1.165) is 16.9 Å². The van der Waals surface area contributed by atoms with Crippen LogP contribution in [-0.4, -0.2) is 11.3 Å². The number of nitrogens with zero attached hydrogens (tertiary/aromatic N) is 1. The Morgan fingerprint density at radius 3 is 2.62 bits per heavy atom. The molecule has 3 aromatic rings. The third-order valence-corrected chi connectivity index (χ3v) is 3.01. The molecule has 0 aliphatic rings. The predicted octanol–water partition coefficient (Wildman–Crippen LogP) is 3.73. The lowest BCUT2D eigenvalue weighted by molar-refractivity contribution is 0.110. The first kappa shape index (κ1) is 13.1. The topological polar surface area (TPSA) is 52.3 Å². The van der Waals surface area contributed by atoms with Crippen LogP contribution < -0.4 is 4.74 Å². The van der Waals surface area contributed by atoms with Crippen LogP contribution in [0.2, 0.25) is 0 Å². The van der Waals surface area contributed by atoms with Crippen molar-refractivity contribution in [2.24, 2.45) is 0 Å². The van der Waals surface area contributed by atoms with Crippen molar-refractivity contribution >= 4 is 6.29 Å². The fourth-order valence-electron chi connectivity index (χ4n) is 1.94. The molecule has 0 saturated heterocycles. The van der Waals surface area contributed by atoms with Crippen LogP contribution in [0.1, 0.15) is 16.1 Å². The van der Waals surface area contributed by atoms with Crippen LogP contribution in [0, 0.1) is 0 Å². The van der Waals surface area contributed by atoms with E-state index in [9.17, 15) is 4.79 Å². The lowest BCUT2D eigenvalue weighted by Gasteiger charge is -2.06. The number of aldehydes is 1. The van der Waals surface area contributed by atoms with Gasteiger partial charge in [-0.1, -0.05) is 6.07 Å². The molecule has 0 amide bonds. The molecule has 0 unspecified atom stereocenters. The second-order valence-electron chi connectivity index (χ2n) is 4.49. The van der Waals surface area contributed by atoms with E-state index in [2.05, 4.69) is 4.98 Å². The molecule has 104 valence electrons. The number of benzene rings is 1. The highest BCUT2D eigenvalue weighted by atomic mass is 16.5. The van der Waals surface area contributed by atoms with Gasteiger partial charge in [-0.05, 0) is 42.5 Å². The van der Waals surface area contributed by atoms with Gasteiger partial charge in [-0.25, -0.2) is 0 Å². The van der Waals surface area contributed by atoms with Gasteiger partial charge in [0.2, 0.25) is 0 Å². The number of furan rings is 1. The second kappa shape index (κ2) is 6.05. The zero-order chi connectivity index (χ0) is 14.5. The molecule has 0 N–H and O–H groups in total. The van der Waals surface area contributed by atoms with Crippen molar-refractivity contribution in [3.63, 3.8) is 0 Å². The van der Waals surface area contributed by atoms with Crippen molar-refractivity contribution in [2.45, 2.75) is 6.61 Å². The van der Waals surface area contributed by atoms with E-state index in [1.165, 1.54) is 0 Å².